The van der Waals surface area contributed by atoms with Gasteiger partial charge in [-0.3, -0.25) is 24.4 Å². The zero-order valence-corrected chi connectivity index (χ0v) is 19.4. The van der Waals surface area contributed by atoms with Crippen LogP contribution in [0.15, 0.2) is 5.38 Å². The molecule has 2 aromatic heterocycles. The van der Waals surface area contributed by atoms with Gasteiger partial charge in [-0.15, -0.1) is 11.3 Å². The van der Waals surface area contributed by atoms with E-state index < -0.39 is 29.4 Å². The topological polar surface area (TPSA) is 143 Å². The molecule has 11 nitrogen and oxygen atoms in total. The third-order valence-corrected chi connectivity index (χ3v) is 5.34. The van der Waals surface area contributed by atoms with Gasteiger partial charge in [0, 0.05) is 0 Å². The highest BCUT2D eigenvalue weighted by Gasteiger charge is 2.24. The zero-order valence-electron chi connectivity index (χ0n) is 18.6. The van der Waals surface area contributed by atoms with Crippen LogP contribution < -0.4 is 5.32 Å². The van der Waals surface area contributed by atoms with E-state index in [2.05, 4.69) is 10.4 Å². The SMILES string of the molecule is CCOC(=O)c1c(CC(C)C)csc1NC(=O)COC(=O)Cn1nc(C)c([N+](=O)[O-])c1C. The number of nitrogens with zero attached hydrogens (tertiary/aromatic N) is 3. The maximum atomic E-state index is 12.4. The van der Waals surface area contributed by atoms with Gasteiger partial charge in [-0.2, -0.15) is 5.10 Å². The molecule has 0 aliphatic rings. The summed E-state index contributed by atoms with van der Waals surface area (Å²) >= 11 is 1.20. The molecule has 0 aromatic carbocycles. The van der Waals surface area contributed by atoms with Crippen molar-refractivity contribution in [2.45, 2.75) is 47.6 Å². The Morgan fingerprint density at radius 1 is 1.28 bits per heavy atom. The number of carbonyl (C=O) groups excluding carboxylic acids is 3. The normalized spacial score (nSPS) is 10.8. The number of carbonyl (C=O) groups is 3. The van der Waals surface area contributed by atoms with Gasteiger partial charge >= 0.3 is 17.6 Å². The van der Waals surface area contributed by atoms with Crippen molar-refractivity contribution in [2.24, 2.45) is 5.92 Å². The van der Waals surface area contributed by atoms with Crippen molar-refractivity contribution in [1.29, 1.82) is 0 Å². The number of nitrogens with one attached hydrogen (secondary N) is 1. The molecule has 0 aliphatic heterocycles. The Bertz CT molecular complexity index is 1030. The fourth-order valence-corrected chi connectivity index (χ4v) is 4.06. The van der Waals surface area contributed by atoms with Gasteiger partial charge in [0.1, 0.15) is 22.9 Å². The quantitative estimate of drug-likeness (QED) is 0.320. The molecule has 0 fully saturated rings. The van der Waals surface area contributed by atoms with Gasteiger partial charge in [0.15, 0.2) is 6.61 Å². The Labute approximate surface area is 188 Å². The molecule has 0 atom stereocenters. The molecule has 0 bridgehead atoms. The van der Waals surface area contributed by atoms with Crippen molar-refractivity contribution in [3.8, 4) is 0 Å². The van der Waals surface area contributed by atoms with Crippen LogP contribution in [0.5, 0.6) is 0 Å². The summed E-state index contributed by atoms with van der Waals surface area (Å²) in [6, 6.07) is 0. The van der Waals surface area contributed by atoms with E-state index in [0.29, 0.717) is 22.9 Å². The van der Waals surface area contributed by atoms with Gasteiger partial charge in [-0.05, 0) is 44.1 Å². The number of nitro groups is 1. The van der Waals surface area contributed by atoms with Crippen LogP contribution in [0.3, 0.4) is 0 Å². The van der Waals surface area contributed by atoms with Crippen LogP contribution >= 0.6 is 11.3 Å². The van der Waals surface area contributed by atoms with E-state index >= 15 is 0 Å². The van der Waals surface area contributed by atoms with Crippen molar-refractivity contribution in [2.75, 3.05) is 18.5 Å². The van der Waals surface area contributed by atoms with Crippen LogP contribution in [0, 0.1) is 29.9 Å². The zero-order chi connectivity index (χ0) is 24.0. The minimum absolute atomic E-state index is 0.170. The summed E-state index contributed by atoms with van der Waals surface area (Å²) in [5.74, 6) is -1.63. The second-order valence-corrected chi connectivity index (χ2v) is 8.31. The minimum atomic E-state index is -0.780. The van der Waals surface area contributed by atoms with Crippen molar-refractivity contribution in [3.05, 3.63) is 38.0 Å². The number of aryl methyl sites for hydroxylation is 1. The molecular weight excluding hydrogens is 440 g/mol. The summed E-state index contributed by atoms with van der Waals surface area (Å²) in [6.45, 7) is 7.91. The fraction of sp³-hybridized carbons (Fsp3) is 0.500. The predicted octanol–water partition coefficient (Wildman–Crippen LogP) is 3.03. The average Bonchev–Trinajstić information content (AvgIpc) is 3.19. The fourth-order valence-electron chi connectivity index (χ4n) is 3.09. The molecule has 0 radical (unpaired) electrons. The number of rotatable bonds is 10. The maximum Gasteiger partial charge on any atom is 0.341 e. The summed E-state index contributed by atoms with van der Waals surface area (Å²) in [5.41, 5.74) is 1.31. The molecule has 0 saturated heterocycles. The Morgan fingerprint density at radius 2 is 1.97 bits per heavy atom. The van der Waals surface area contributed by atoms with Crippen molar-refractivity contribution < 1.29 is 28.8 Å². The van der Waals surface area contributed by atoms with Gasteiger partial charge in [0.05, 0.1) is 17.1 Å². The summed E-state index contributed by atoms with van der Waals surface area (Å²) in [6.07, 6.45) is 0.643. The van der Waals surface area contributed by atoms with Crippen molar-refractivity contribution >= 4 is 39.9 Å². The van der Waals surface area contributed by atoms with Crippen LogP contribution in [-0.2, 0) is 32.0 Å². The van der Waals surface area contributed by atoms with E-state index in [1.165, 1.54) is 25.2 Å². The van der Waals surface area contributed by atoms with E-state index in [4.69, 9.17) is 9.47 Å². The number of ether oxygens (including phenoxy) is 2. The van der Waals surface area contributed by atoms with Gasteiger partial charge < -0.3 is 14.8 Å². The highest BCUT2D eigenvalue weighted by molar-refractivity contribution is 7.15. The number of hydrogen-bond donors (Lipinski definition) is 1. The molecule has 1 N–H and O–H groups in total. The molecule has 1 amide bonds. The molecule has 32 heavy (non-hydrogen) atoms. The van der Waals surface area contributed by atoms with Crippen LogP contribution in [0.25, 0.3) is 0 Å². The lowest BCUT2D eigenvalue weighted by molar-refractivity contribution is -0.386. The molecule has 2 rings (SSSR count). The van der Waals surface area contributed by atoms with E-state index in [-0.39, 0.29) is 30.2 Å². The Balaban J connectivity index is 2.02. The van der Waals surface area contributed by atoms with E-state index in [1.807, 2.05) is 13.8 Å². The molecule has 2 heterocycles. The second-order valence-electron chi connectivity index (χ2n) is 7.43. The largest absolute Gasteiger partial charge is 0.462 e. The first-order valence-electron chi connectivity index (χ1n) is 9.96. The second kappa shape index (κ2) is 10.8. The van der Waals surface area contributed by atoms with Crippen LogP contribution in [0.4, 0.5) is 10.7 Å². The summed E-state index contributed by atoms with van der Waals surface area (Å²) in [4.78, 5) is 47.3. The van der Waals surface area contributed by atoms with Gasteiger partial charge in [0.2, 0.25) is 0 Å². The molecule has 0 saturated carbocycles. The van der Waals surface area contributed by atoms with Gasteiger partial charge in [-0.1, -0.05) is 13.8 Å². The van der Waals surface area contributed by atoms with Crippen LogP contribution in [-0.4, -0.2) is 45.8 Å². The van der Waals surface area contributed by atoms with Crippen molar-refractivity contribution in [3.63, 3.8) is 0 Å². The number of anilines is 1. The van der Waals surface area contributed by atoms with E-state index in [1.54, 1.807) is 12.3 Å². The molecular formula is C20H26N4O7S. The maximum absolute atomic E-state index is 12.4. The highest BCUT2D eigenvalue weighted by Crippen LogP contribution is 2.31. The number of thiophene rings is 1. The molecule has 12 heteroatoms. The third kappa shape index (κ3) is 6.13. The summed E-state index contributed by atoms with van der Waals surface area (Å²) < 4.78 is 11.2. The monoisotopic (exact) mass is 466 g/mol. The molecule has 174 valence electrons. The van der Waals surface area contributed by atoms with Crippen LogP contribution in [0.2, 0.25) is 0 Å². The summed E-state index contributed by atoms with van der Waals surface area (Å²) in [7, 11) is 0. The third-order valence-electron chi connectivity index (χ3n) is 4.40. The minimum Gasteiger partial charge on any atom is -0.462 e. The smallest absolute Gasteiger partial charge is 0.341 e. The van der Waals surface area contributed by atoms with E-state index in [9.17, 15) is 24.5 Å². The van der Waals surface area contributed by atoms with Gasteiger partial charge in [-0.25, -0.2) is 4.79 Å². The lowest BCUT2D eigenvalue weighted by Gasteiger charge is -2.10. The first-order chi connectivity index (χ1) is 15.0. The first kappa shape index (κ1) is 25.0. The number of aromatic nitrogens is 2. The Kier molecular flexibility index (Phi) is 8.47. The standard InChI is InChI=1S/C20H26N4O7S/c1-6-30-20(27)17-14(7-11(2)3)10-32-19(17)21-15(25)9-31-16(26)8-23-13(5)18(24(28)29)12(4)22-23/h10-11H,6-9H2,1-5H3,(H,21,25). The predicted molar refractivity (Wildman–Crippen MR) is 117 cm³/mol. The number of amides is 1. The summed E-state index contributed by atoms with van der Waals surface area (Å²) in [5, 5.41) is 19.7. The van der Waals surface area contributed by atoms with E-state index in [0.717, 1.165) is 10.2 Å². The lowest BCUT2D eigenvalue weighted by Crippen LogP contribution is -2.24. The number of hydrogen-bond acceptors (Lipinski definition) is 9. The van der Waals surface area contributed by atoms with Crippen molar-refractivity contribution in [1.82, 2.24) is 9.78 Å². The number of esters is 2. The van der Waals surface area contributed by atoms with Crippen LogP contribution in [0.1, 0.15) is 48.1 Å². The Hall–Kier alpha value is -3.28. The average molecular weight is 467 g/mol. The van der Waals surface area contributed by atoms with Gasteiger partial charge in [0.25, 0.3) is 5.91 Å². The molecule has 2 aromatic rings. The Morgan fingerprint density at radius 3 is 2.53 bits per heavy atom. The first-order valence-corrected chi connectivity index (χ1v) is 10.8. The molecule has 0 spiro atoms. The highest BCUT2D eigenvalue weighted by atomic mass is 32.1. The molecule has 0 unspecified atom stereocenters. The lowest BCUT2D eigenvalue weighted by atomic mass is 10.0. The molecule has 0 aliphatic carbocycles.